The summed E-state index contributed by atoms with van der Waals surface area (Å²) in [7, 11) is 0. The highest BCUT2D eigenvalue weighted by atomic mass is 16.5. The molecule has 1 fully saturated rings. The molecule has 0 aromatic rings. The summed E-state index contributed by atoms with van der Waals surface area (Å²) in [5, 5.41) is 0. The molecule has 1 aliphatic heterocycles. The Morgan fingerprint density at radius 1 is 1.25 bits per heavy atom. The molecule has 0 aromatic heterocycles. The van der Waals surface area contributed by atoms with Crippen LogP contribution in [0.5, 0.6) is 0 Å². The molecule has 2 unspecified atom stereocenters. The molecular formula is C11H22O. The minimum Gasteiger partial charge on any atom is -0.378 e. The van der Waals surface area contributed by atoms with Gasteiger partial charge in [-0.3, -0.25) is 0 Å². The molecule has 1 heterocycles. The van der Waals surface area contributed by atoms with Gasteiger partial charge in [0.2, 0.25) is 0 Å². The maximum Gasteiger partial charge on any atom is 0.0601 e. The Bertz CT molecular complexity index is 112. The molecule has 1 nitrogen and oxygen atoms in total. The van der Waals surface area contributed by atoms with Crippen LogP contribution < -0.4 is 0 Å². The molecule has 1 saturated heterocycles. The van der Waals surface area contributed by atoms with Gasteiger partial charge in [-0.2, -0.15) is 0 Å². The Hall–Kier alpha value is -0.0400. The maximum atomic E-state index is 5.65. The Balaban J connectivity index is 1.98. The lowest BCUT2D eigenvalue weighted by Crippen LogP contribution is -2.12. The fourth-order valence-electron chi connectivity index (χ4n) is 1.90. The lowest BCUT2D eigenvalue weighted by atomic mass is 9.99. The predicted molar refractivity (Wildman–Crippen MR) is 52.3 cm³/mol. The molecule has 0 amide bonds. The second kappa shape index (κ2) is 5.58. The average Bonchev–Trinajstić information content (AvgIpc) is 2.46. The summed E-state index contributed by atoms with van der Waals surface area (Å²) in [5.74, 6) is 0.812. The normalized spacial score (nSPS) is 29.5. The molecule has 1 rings (SSSR count). The van der Waals surface area contributed by atoms with E-state index in [0.29, 0.717) is 6.10 Å². The van der Waals surface area contributed by atoms with Gasteiger partial charge >= 0.3 is 0 Å². The van der Waals surface area contributed by atoms with E-state index in [0.717, 1.165) is 12.5 Å². The molecule has 0 spiro atoms. The minimum atomic E-state index is 0.585. The van der Waals surface area contributed by atoms with Crippen LogP contribution in [0.1, 0.15) is 52.4 Å². The van der Waals surface area contributed by atoms with E-state index >= 15 is 0 Å². The van der Waals surface area contributed by atoms with Crippen molar-refractivity contribution in [2.75, 3.05) is 6.61 Å². The van der Waals surface area contributed by atoms with Gasteiger partial charge in [-0.15, -0.1) is 0 Å². The molecule has 0 saturated carbocycles. The molecule has 0 bridgehead atoms. The number of hydrogen-bond acceptors (Lipinski definition) is 1. The lowest BCUT2D eigenvalue weighted by Gasteiger charge is -2.13. The standard InChI is InChI=1S/C11H22O/c1-3-4-5-6-7-11-10(2)8-9-12-11/h10-11H,3-9H2,1-2H3. The Morgan fingerprint density at radius 2 is 2.08 bits per heavy atom. The van der Waals surface area contributed by atoms with E-state index < -0.39 is 0 Å². The number of hydrogen-bond donors (Lipinski definition) is 0. The van der Waals surface area contributed by atoms with Gasteiger partial charge in [-0.05, 0) is 18.8 Å². The van der Waals surface area contributed by atoms with Crippen molar-refractivity contribution in [1.82, 2.24) is 0 Å². The first-order chi connectivity index (χ1) is 5.84. The second-order valence-electron chi connectivity index (χ2n) is 4.02. The van der Waals surface area contributed by atoms with Gasteiger partial charge in [-0.25, -0.2) is 0 Å². The van der Waals surface area contributed by atoms with E-state index in [1.807, 2.05) is 0 Å². The van der Waals surface area contributed by atoms with Crippen LogP contribution in [-0.2, 0) is 4.74 Å². The van der Waals surface area contributed by atoms with E-state index in [2.05, 4.69) is 13.8 Å². The Labute approximate surface area is 76.5 Å². The molecule has 2 atom stereocenters. The Kier molecular flexibility index (Phi) is 4.67. The number of ether oxygens (including phenoxy) is 1. The summed E-state index contributed by atoms with van der Waals surface area (Å²) in [6.07, 6.45) is 8.63. The van der Waals surface area contributed by atoms with Crippen LogP contribution in [0.25, 0.3) is 0 Å². The first-order valence-electron chi connectivity index (χ1n) is 5.46. The first kappa shape index (κ1) is 10.0. The van der Waals surface area contributed by atoms with Crippen molar-refractivity contribution in [2.45, 2.75) is 58.5 Å². The highest BCUT2D eigenvalue weighted by Crippen LogP contribution is 2.24. The van der Waals surface area contributed by atoms with E-state index in [9.17, 15) is 0 Å². The quantitative estimate of drug-likeness (QED) is 0.575. The fourth-order valence-corrected chi connectivity index (χ4v) is 1.90. The van der Waals surface area contributed by atoms with E-state index in [1.165, 1.54) is 38.5 Å². The fraction of sp³-hybridized carbons (Fsp3) is 1.00. The van der Waals surface area contributed by atoms with Crippen LogP contribution in [0.3, 0.4) is 0 Å². The summed E-state index contributed by atoms with van der Waals surface area (Å²) >= 11 is 0. The average molecular weight is 170 g/mol. The monoisotopic (exact) mass is 170 g/mol. The third-order valence-electron chi connectivity index (χ3n) is 2.88. The minimum absolute atomic E-state index is 0.585. The van der Waals surface area contributed by atoms with Crippen molar-refractivity contribution in [3.8, 4) is 0 Å². The molecule has 0 aliphatic carbocycles. The maximum absolute atomic E-state index is 5.65. The molecule has 1 heteroatoms. The summed E-state index contributed by atoms with van der Waals surface area (Å²) < 4.78 is 5.65. The molecule has 0 radical (unpaired) electrons. The molecule has 12 heavy (non-hydrogen) atoms. The topological polar surface area (TPSA) is 9.23 Å². The van der Waals surface area contributed by atoms with Crippen LogP contribution in [0.4, 0.5) is 0 Å². The molecule has 72 valence electrons. The SMILES string of the molecule is CCCCCCC1OCCC1C. The van der Waals surface area contributed by atoms with Crippen LogP contribution in [0.2, 0.25) is 0 Å². The van der Waals surface area contributed by atoms with Crippen molar-refractivity contribution >= 4 is 0 Å². The van der Waals surface area contributed by atoms with Crippen LogP contribution in [0.15, 0.2) is 0 Å². The highest BCUT2D eigenvalue weighted by Gasteiger charge is 2.22. The second-order valence-corrected chi connectivity index (χ2v) is 4.02. The van der Waals surface area contributed by atoms with Gasteiger partial charge in [0.05, 0.1) is 6.10 Å². The third kappa shape index (κ3) is 3.14. The van der Waals surface area contributed by atoms with Crippen molar-refractivity contribution in [3.05, 3.63) is 0 Å². The lowest BCUT2D eigenvalue weighted by molar-refractivity contribution is 0.0847. The zero-order chi connectivity index (χ0) is 8.81. The van der Waals surface area contributed by atoms with Crippen molar-refractivity contribution in [2.24, 2.45) is 5.92 Å². The largest absolute Gasteiger partial charge is 0.378 e. The van der Waals surface area contributed by atoms with Crippen LogP contribution in [0, 0.1) is 5.92 Å². The van der Waals surface area contributed by atoms with Gasteiger partial charge in [0.1, 0.15) is 0 Å². The Morgan fingerprint density at radius 3 is 2.67 bits per heavy atom. The molecule has 0 aromatic carbocycles. The number of rotatable bonds is 5. The van der Waals surface area contributed by atoms with Crippen LogP contribution >= 0.6 is 0 Å². The summed E-state index contributed by atoms with van der Waals surface area (Å²) in [6, 6.07) is 0. The molecular weight excluding hydrogens is 148 g/mol. The zero-order valence-electron chi connectivity index (χ0n) is 8.51. The van der Waals surface area contributed by atoms with Gasteiger partial charge in [-0.1, -0.05) is 39.5 Å². The van der Waals surface area contributed by atoms with Crippen molar-refractivity contribution < 1.29 is 4.74 Å². The van der Waals surface area contributed by atoms with Crippen molar-refractivity contribution in [1.29, 1.82) is 0 Å². The van der Waals surface area contributed by atoms with Gasteiger partial charge in [0, 0.05) is 6.61 Å². The van der Waals surface area contributed by atoms with Crippen molar-refractivity contribution in [3.63, 3.8) is 0 Å². The first-order valence-corrected chi connectivity index (χ1v) is 5.46. The third-order valence-corrected chi connectivity index (χ3v) is 2.88. The number of unbranched alkanes of at least 4 members (excludes halogenated alkanes) is 3. The van der Waals surface area contributed by atoms with Crippen LogP contribution in [-0.4, -0.2) is 12.7 Å². The van der Waals surface area contributed by atoms with Gasteiger partial charge in [0.15, 0.2) is 0 Å². The zero-order valence-corrected chi connectivity index (χ0v) is 8.51. The molecule has 1 aliphatic rings. The van der Waals surface area contributed by atoms with Gasteiger partial charge in [0.25, 0.3) is 0 Å². The summed E-state index contributed by atoms with van der Waals surface area (Å²) in [6.45, 7) is 5.58. The summed E-state index contributed by atoms with van der Waals surface area (Å²) in [4.78, 5) is 0. The van der Waals surface area contributed by atoms with E-state index in [4.69, 9.17) is 4.74 Å². The molecule has 0 N–H and O–H groups in total. The van der Waals surface area contributed by atoms with E-state index in [-0.39, 0.29) is 0 Å². The summed E-state index contributed by atoms with van der Waals surface area (Å²) in [5.41, 5.74) is 0. The smallest absolute Gasteiger partial charge is 0.0601 e. The highest BCUT2D eigenvalue weighted by molar-refractivity contribution is 4.72. The predicted octanol–water partition coefficient (Wildman–Crippen LogP) is 3.38. The van der Waals surface area contributed by atoms with E-state index in [1.54, 1.807) is 0 Å². The van der Waals surface area contributed by atoms with Gasteiger partial charge < -0.3 is 4.74 Å².